The van der Waals surface area contributed by atoms with Crippen LogP contribution in [-0.2, 0) is 11.3 Å². The highest BCUT2D eigenvalue weighted by molar-refractivity contribution is 9.10. The first kappa shape index (κ1) is 15.8. The Labute approximate surface area is 129 Å². The van der Waals surface area contributed by atoms with E-state index in [-0.39, 0.29) is 12.6 Å². The van der Waals surface area contributed by atoms with Gasteiger partial charge in [-0.15, -0.1) is 0 Å². The molecule has 1 aromatic rings. The molecule has 2 N–H and O–H groups in total. The summed E-state index contributed by atoms with van der Waals surface area (Å²) in [4.78, 5) is 2.26. The van der Waals surface area contributed by atoms with Crippen LogP contribution in [0, 0.1) is 0 Å². The van der Waals surface area contributed by atoms with Gasteiger partial charge < -0.3 is 20.1 Å². The Morgan fingerprint density at radius 3 is 3.00 bits per heavy atom. The molecule has 4 nitrogen and oxygen atoms in total. The molecule has 0 spiro atoms. The van der Waals surface area contributed by atoms with Crippen LogP contribution >= 0.6 is 15.9 Å². The van der Waals surface area contributed by atoms with Crippen molar-refractivity contribution in [3.8, 4) is 0 Å². The van der Waals surface area contributed by atoms with E-state index in [0.29, 0.717) is 19.3 Å². The summed E-state index contributed by atoms with van der Waals surface area (Å²) in [5.74, 6) is 0. The van der Waals surface area contributed by atoms with Gasteiger partial charge in [-0.05, 0) is 23.8 Å². The fourth-order valence-electron chi connectivity index (χ4n) is 2.41. The summed E-state index contributed by atoms with van der Waals surface area (Å²) in [6.45, 7) is 7.34. The van der Waals surface area contributed by atoms with Crippen LogP contribution in [0.1, 0.15) is 19.4 Å². The zero-order valence-corrected chi connectivity index (χ0v) is 13.7. The molecule has 1 unspecified atom stereocenters. The molecule has 1 aliphatic rings. The van der Waals surface area contributed by atoms with Crippen molar-refractivity contribution in [1.29, 1.82) is 0 Å². The highest BCUT2D eigenvalue weighted by Crippen LogP contribution is 2.27. The summed E-state index contributed by atoms with van der Waals surface area (Å²) in [7, 11) is 0. The smallest absolute Gasteiger partial charge is 0.0755 e. The van der Waals surface area contributed by atoms with Gasteiger partial charge in [0.1, 0.15) is 0 Å². The second-order valence-electron chi connectivity index (χ2n) is 5.41. The monoisotopic (exact) mass is 342 g/mol. The Morgan fingerprint density at radius 1 is 1.50 bits per heavy atom. The van der Waals surface area contributed by atoms with E-state index in [1.54, 1.807) is 0 Å². The van der Waals surface area contributed by atoms with Crippen molar-refractivity contribution in [2.45, 2.75) is 32.5 Å². The molecule has 5 heteroatoms. The van der Waals surface area contributed by atoms with Crippen LogP contribution in [0.4, 0.5) is 5.69 Å². The lowest BCUT2D eigenvalue weighted by molar-refractivity contribution is 0.0726. The number of ether oxygens (including phenoxy) is 1. The van der Waals surface area contributed by atoms with E-state index in [4.69, 9.17) is 4.74 Å². The highest BCUT2D eigenvalue weighted by Gasteiger charge is 2.24. The normalized spacial score (nSPS) is 19.6. The first-order valence-corrected chi connectivity index (χ1v) is 7.88. The number of benzene rings is 1. The van der Waals surface area contributed by atoms with Gasteiger partial charge in [0.2, 0.25) is 0 Å². The number of halogens is 1. The number of hydrogen-bond donors (Lipinski definition) is 2. The lowest BCUT2D eigenvalue weighted by Crippen LogP contribution is -2.48. The van der Waals surface area contributed by atoms with Crippen molar-refractivity contribution < 1.29 is 9.84 Å². The SMILES string of the molecule is CC(C)NCc1cc(Br)ccc1N1CCOCC1CO. The Balaban J connectivity index is 2.24. The van der Waals surface area contributed by atoms with Crippen LogP contribution in [0.15, 0.2) is 22.7 Å². The van der Waals surface area contributed by atoms with Gasteiger partial charge in [-0.2, -0.15) is 0 Å². The van der Waals surface area contributed by atoms with E-state index in [0.717, 1.165) is 17.6 Å². The van der Waals surface area contributed by atoms with E-state index < -0.39 is 0 Å². The van der Waals surface area contributed by atoms with E-state index in [2.05, 4.69) is 58.2 Å². The molecule has 1 atom stereocenters. The first-order chi connectivity index (χ1) is 9.61. The number of hydrogen-bond acceptors (Lipinski definition) is 4. The van der Waals surface area contributed by atoms with E-state index >= 15 is 0 Å². The number of aliphatic hydroxyl groups excluding tert-OH is 1. The van der Waals surface area contributed by atoms with Gasteiger partial charge in [-0.1, -0.05) is 29.8 Å². The third-order valence-electron chi connectivity index (χ3n) is 3.49. The van der Waals surface area contributed by atoms with Gasteiger partial charge >= 0.3 is 0 Å². The Hall–Kier alpha value is -0.620. The van der Waals surface area contributed by atoms with E-state index in [1.807, 2.05) is 0 Å². The quantitative estimate of drug-likeness (QED) is 0.860. The number of nitrogens with one attached hydrogen (secondary N) is 1. The van der Waals surface area contributed by atoms with Gasteiger partial charge in [0, 0.05) is 29.3 Å². The predicted octanol–water partition coefficient (Wildman–Crippen LogP) is 2.14. The molecule has 0 aromatic heterocycles. The lowest BCUT2D eigenvalue weighted by Gasteiger charge is -2.37. The number of anilines is 1. The Bertz CT molecular complexity index is 440. The summed E-state index contributed by atoms with van der Waals surface area (Å²) in [6.07, 6.45) is 0. The molecule has 1 saturated heterocycles. The molecule has 1 aromatic carbocycles. The zero-order chi connectivity index (χ0) is 14.5. The number of nitrogens with zero attached hydrogens (tertiary/aromatic N) is 1. The molecule has 1 fully saturated rings. The molecule has 0 aliphatic carbocycles. The summed E-state index contributed by atoms with van der Waals surface area (Å²) >= 11 is 3.54. The fraction of sp³-hybridized carbons (Fsp3) is 0.600. The summed E-state index contributed by atoms with van der Waals surface area (Å²) in [6, 6.07) is 6.81. The fourth-order valence-corrected chi connectivity index (χ4v) is 2.82. The maximum Gasteiger partial charge on any atom is 0.0755 e. The minimum Gasteiger partial charge on any atom is -0.394 e. The Kier molecular flexibility index (Phi) is 5.84. The number of aliphatic hydroxyl groups is 1. The first-order valence-electron chi connectivity index (χ1n) is 7.09. The van der Waals surface area contributed by atoms with Crippen molar-refractivity contribution >= 4 is 21.6 Å². The molecular formula is C15H23BrN2O2. The molecule has 0 bridgehead atoms. The van der Waals surface area contributed by atoms with E-state index in [1.165, 1.54) is 11.3 Å². The maximum absolute atomic E-state index is 9.54. The van der Waals surface area contributed by atoms with Crippen LogP contribution in [-0.4, -0.2) is 43.6 Å². The minimum absolute atomic E-state index is 0.0442. The topological polar surface area (TPSA) is 44.7 Å². The summed E-state index contributed by atoms with van der Waals surface area (Å²) < 4.78 is 6.54. The van der Waals surface area contributed by atoms with Gasteiger partial charge in [0.05, 0.1) is 25.9 Å². The third kappa shape index (κ3) is 3.95. The van der Waals surface area contributed by atoms with Gasteiger partial charge in [0.25, 0.3) is 0 Å². The highest BCUT2D eigenvalue weighted by atomic mass is 79.9. The average Bonchev–Trinajstić information content (AvgIpc) is 2.45. The van der Waals surface area contributed by atoms with Crippen LogP contribution in [0.25, 0.3) is 0 Å². The summed E-state index contributed by atoms with van der Waals surface area (Å²) in [5.41, 5.74) is 2.43. The molecular weight excluding hydrogens is 320 g/mol. The standard InChI is InChI=1S/C15H23BrN2O2/c1-11(2)17-8-12-7-13(16)3-4-15(12)18-5-6-20-10-14(18)9-19/h3-4,7,11,14,17,19H,5-6,8-10H2,1-2H3. The molecule has 0 amide bonds. The molecule has 2 rings (SSSR count). The molecule has 1 heterocycles. The third-order valence-corrected chi connectivity index (χ3v) is 3.98. The van der Waals surface area contributed by atoms with E-state index in [9.17, 15) is 5.11 Å². The second-order valence-corrected chi connectivity index (χ2v) is 6.33. The van der Waals surface area contributed by atoms with Crippen LogP contribution in [0.2, 0.25) is 0 Å². The van der Waals surface area contributed by atoms with Crippen molar-refractivity contribution in [2.75, 3.05) is 31.3 Å². The van der Waals surface area contributed by atoms with Crippen molar-refractivity contribution in [2.24, 2.45) is 0 Å². The Morgan fingerprint density at radius 2 is 2.30 bits per heavy atom. The molecule has 0 radical (unpaired) electrons. The predicted molar refractivity (Wildman–Crippen MR) is 85.2 cm³/mol. The van der Waals surface area contributed by atoms with Crippen molar-refractivity contribution in [3.05, 3.63) is 28.2 Å². The van der Waals surface area contributed by atoms with Crippen LogP contribution < -0.4 is 10.2 Å². The second kappa shape index (κ2) is 7.41. The molecule has 20 heavy (non-hydrogen) atoms. The zero-order valence-electron chi connectivity index (χ0n) is 12.1. The average molecular weight is 343 g/mol. The molecule has 1 aliphatic heterocycles. The van der Waals surface area contributed by atoms with Crippen molar-refractivity contribution in [3.63, 3.8) is 0 Å². The number of morpholine rings is 1. The van der Waals surface area contributed by atoms with Crippen LogP contribution in [0.5, 0.6) is 0 Å². The number of rotatable bonds is 5. The molecule has 112 valence electrons. The largest absolute Gasteiger partial charge is 0.394 e. The summed E-state index contributed by atoms with van der Waals surface area (Å²) in [5, 5.41) is 13.0. The minimum atomic E-state index is 0.0442. The van der Waals surface area contributed by atoms with Crippen LogP contribution in [0.3, 0.4) is 0 Å². The van der Waals surface area contributed by atoms with Crippen molar-refractivity contribution in [1.82, 2.24) is 5.32 Å². The lowest BCUT2D eigenvalue weighted by atomic mass is 10.1. The van der Waals surface area contributed by atoms with Gasteiger partial charge in [-0.25, -0.2) is 0 Å². The maximum atomic E-state index is 9.54. The molecule has 0 saturated carbocycles. The van der Waals surface area contributed by atoms with Gasteiger partial charge in [0.15, 0.2) is 0 Å². The van der Waals surface area contributed by atoms with Gasteiger partial charge in [-0.3, -0.25) is 0 Å².